The Labute approximate surface area is 120 Å². The van der Waals surface area contributed by atoms with E-state index in [-0.39, 0.29) is 18.6 Å². The number of anilines is 1. The Balaban J connectivity index is 2.23. The Hall–Kier alpha value is -2.70. The SMILES string of the molecule is Cc1ccc2nc(OCCF)n(-c3ccnc(N)n3)c2c1. The van der Waals surface area contributed by atoms with Crippen LogP contribution in [-0.2, 0) is 0 Å². The van der Waals surface area contributed by atoms with E-state index in [1.165, 1.54) is 0 Å². The van der Waals surface area contributed by atoms with E-state index in [9.17, 15) is 4.39 Å². The first-order valence-corrected chi connectivity index (χ1v) is 6.46. The molecule has 2 aromatic heterocycles. The van der Waals surface area contributed by atoms with Crippen LogP contribution in [0, 0.1) is 6.92 Å². The van der Waals surface area contributed by atoms with E-state index in [1.807, 2.05) is 25.1 Å². The van der Waals surface area contributed by atoms with Gasteiger partial charge in [0, 0.05) is 12.3 Å². The van der Waals surface area contributed by atoms with Crippen LogP contribution in [-0.4, -0.2) is 32.8 Å². The third kappa shape index (κ3) is 2.49. The van der Waals surface area contributed by atoms with Crippen LogP contribution in [0.1, 0.15) is 5.56 Å². The van der Waals surface area contributed by atoms with Crippen LogP contribution < -0.4 is 10.5 Å². The largest absolute Gasteiger partial charge is 0.462 e. The highest BCUT2D eigenvalue weighted by molar-refractivity contribution is 5.79. The van der Waals surface area contributed by atoms with Crippen molar-refractivity contribution in [2.75, 3.05) is 19.0 Å². The number of nitrogens with two attached hydrogens (primary N) is 1. The van der Waals surface area contributed by atoms with E-state index in [0.717, 1.165) is 16.6 Å². The Morgan fingerprint density at radius 3 is 2.90 bits per heavy atom. The molecule has 0 aliphatic rings. The summed E-state index contributed by atoms with van der Waals surface area (Å²) >= 11 is 0. The van der Waals surface area contributed by atoms with Gasteiger partial charge in [-0.25, -0.2) is 13.9 Å². The zero-order valence-corrected chi connectivity index (χ0v) is 11.5. The van der Waals surface area contributed by atoms with Crippen LogP contribution in [0.5, 0.6) is 6.01 Å². The molecule has 0 aliphatic carbocycles. The molecule has 0 saturated heterocycles. The van der Waals surface area contributed by atoms with Crippen molar-refractivity contribution in [2.45, 2.75) is 6.92 Å². The van der Waals surface area contributed by atoms with Crippen molar-refractivity contribution < 1.29 is 9.13 Å². The van der Waals surface area contributed by atoms with Gasteiger partial charge in [-0.05, 0) is 24.6 Å². The van der Waals surface area contributed by atoms with Gasteiger partial charge in [-0.2, -0.15) is 9.97 Å². The molecule has 0 atom stereocenters. The summed E-state index contributed by atoms with van der Waals surface area (Å²) in [5.41, 5.74) is 8.27. The zero-order chi connectivity index (χ0) is 14.8. The Bertz CT molecular complexity index is 786. The highest BCUT2D eigenvalue weighted by Gasteiger charge is 2.15. The number of aryl methyl sites for hydroxylation is 1. The first-order chi connectivity index (χ1) is 10.2. The maximum atomic E-state index is 12.4. The number of imidazole rings is 1. The van der Waals surface area contributed by atoms with Gasteiger partial charge in [-0.1, -0.05) is 6.07 Å². The molecule has 0 fully saturated rings. The Morgan fingerprint density at radius 2 is 2.14 bits per heavy atom. The van der Waals surface area contributed by atoms with Crippen molar-refractivity contribution >= 4 is 17.0 Å². The lowest BCUT2D eigenvalue weighted by molar-refractivity contribution is 0.252. The van der Waals surface area contributed by atoms with E-state index in [0.29, 0.717) is 5.82 Å². The Morgan fingerprint density at radius 1 is 1.29 bits per heavy atom. The van der Waals surface area contributed by atoms with Crippen LogP contribution in [0.3, 0.4) is 0 Å². The fourth-order valence-electron chi connectivity index (χ4n) is 2.10. The van der Waals surface area contributed by atoms with Gasteiger partial charge in [0.05, 0.1) is 11.0 Å². The summed E-state index contributed by atoms with van der Waals surface area (Å²) < 4.78 is 19.5. The average molecular weight is 287 g/mol. The van der Waals surface area contributed by atoms with Gasteiger partial charge >= 0.3 is 6.01 Å². The van der Waals surface area contributed by atoms with Crippen molar-refractivity contribution in [3.63, 3.8) is 0 Å². The van der Waals surface area contributed by atoms with Gasteiger partial charge in [-0.15, -0.1) is 0 Å². The van der Waals surface area contributed by atoms with Gasteiger partial charge in [0.1, 0.15) is 19.1 Å². The molecule has 2 heterocycles. The number of alkyl halides is 1. The van der Waals surface area contributed by atoms with Gasteiger partial charge in [0.2, 0.25) is 5.95 Å². The molecule has 0 radical (unpaired) electrons. The minimum Gasteiger partial charge on any atom is -0.462 e. The molecule has 3 aromatic rings. The number of hydrogen-bond donors (Lipinski definition) is 1. The molecule has 6 nitrogen and oxygen atoms in total. The molecule has 1 aromatic carbocycles. The fraction of sp³-hybridized carbons (Fsp3) is 0.214. The first kappa shape index (κ1) is 13.3. The maximum Gasteiger partial charge on any atom is 0.303 e. The highest BCUT2D eigenvalue weighted by Crippen LogP contribution is 2.26. The molecule has 0 spiro atoms. The van der Waals surface area contributed by atoms with Crippen LogP contribution in [0.4, 0.5) is 10.3 Å². The number of rotatable bonds is 4. The minimum absolute atomic E-state index is 0.0666. The van der Waals surface area contributed by atoms with Gasteiger partial charge in [0.25, 0.3) is 0 Å². The summed E-state index contributed by atoms with van der Waals surface area (Å²) in [6.45, 7) is 1.32. The van der Waals surface area contributed by atoms with E-state index in [2.05, 4.69) is 15.0 Å². The predicted molar refractivity (Wildman–Crippen MR) is 77.3 cm³/mol. The van der Waals surface area contributed by atoms with Crippen molar-refractivity contribution in [1.82, 2.24) is 19.5 Å². The Kier molecular flexibility index (Phi) is 3.39. The first-order valence-electron chi connectivity index (χ1n) is 6.46. The summed E-state index contributed by atoms with van der Waals surface area (Å²) in [4.78, 5) is 12.4. The van der Waals surface area contributed by atoms with Crippen molar-refractivity contribution in [3.05, 3.63) is 36.0 Å². The molecule has 0 aliphatic heterocycles. The summed E-state index contributed by atoms with van der Waals surface area (Å²) in [7, 11) is 0. The van der Waals surface area contributed by atoms with Crippen molar-refractivity contribution in [1.29, 1.82) is 0 Å². The molecule has 0 bridgehead atoms. The van der Waals surface area contributed by atoms with Crippen LogP contribution in [0.15, 0.2) is 30.5 Å². The number of nitrogens with zero attached hydrogens (tertiary/aromatic N) is 4. The molecule has 3 rings (SSSR count). The second kappa shape index (κ2) is 5.35. The van der Waals surface area contributed by atoms with E-state index in [1.54, 1.807) is 16.8 Å². The molecular weight excluding hydrogens is 273 g/mol. The number of fused-ring (bicyclic) bond motifs is 1. The standard InChI is InChI=1S/C14H14FN5O/c1-9-2-3-10-11(8-9)20(14(18-10)21-7-5-15)12-4-6-17-13(16)19-12/h2-4,6,8H,5,7H2,1H3,(H2,16,17,19). The minimum atomic E-state index is -0.589. The molecule has 0 saturated carbocycles. The molecule has 108 valence electrons. The van der Waals surface area contributed by atoms with Gasteiger partial charge in [-0.3, -0.25) is 0 Å². The third-order valence-corrected chi connectivity index (χ3v) is 2.98. The summed E-state index contributed by atoms with van der Waals surface area (Å²) in [6, 6.07) is 7.78. The second-order valence-electron chi connectivity index (χ2n) is 4.53. The monoisotopic (exact) mass is 287 g/mol. The smallest absolute Gasteiger partial charge is 0.303 e. The lowest BCUT2D eigenvalue weighted by atomic mass is 10.2. The van der Waals surface area contributed by atoms with Gasteiger partial charge < -0.3 is 10.5 Å². The fourth-order valence-corrected chi connectivity index (χ4v) is 2.10. The van der Waals surface area contributed by atoms with E-state index >= 15 is 0 Å². The highest BCUT2D eigenvalue weighted by atomic mass is 19.1. The topological polar surface area (TPSA) is 78.8 Å². The number of nitrogen functional groups attached to an aromatic ring is 1. The number of aromatic nitrogens is 4. The number of halogens is 1. The number of hydrogen-bond acceptors (Lipinski definition) is 5. The summed E-state index contributed by atoms with van der Waals surface area (Å²) in [6.07, 6.45) is 1.55. The second-order valence-corrected chi connectivity index (χ2v) is 4.53. The lowest BCUT2D eigenvalue weighted by Gasteiger charge is -2.08. The molecule has 0 amide bonds. The van der Waals surface area contributed by atoms with E-state index < -0.39 is 6.67 Å². The molecule has 7 heteroatoms. The number of benzene rings is 1. The third-order valence-electron chi connectivity index (χ3n) is 2.98. The van der Waals surface area contributed by atoms with Crippen LogP contribution in [0.25, 0.3) is 16.9 Å². The van der Waals surface area contributed by atoms with Gasteiger partial charge in [0.15, 0.2) is 0 Å². The molecule has 2 N–H and O–H groups in total. The normalized spacial score (nSPS) is 11.0. The zero-order valence-electron chi connectivity index (χ0n) is 11.5. The van der Waals surface area contributed by atoms with E-state index in [4.69, 9.17) is 10.5 Å². The average Bonchev–Trinajstić information content (AvgIpc) is 2.82. The molecular formula is C14H14FN5O. The molecule has 21 heavy (non-hydrogen) atoms. The molecule has 0 unspecified atom stereocenters. The van der Waals surface area contributed by atoms with Crippen LogP contribution >= 0.6 is 0 Å². The number of ether oxygens (including phenoxy) is 1. The van der Waals surface area contributed by atoms with Crippen LogP contribution in [0.2, 0.25) is 0 Å². The summed E-state index contributed by atoms with van der Waals surface area (Å²) in [5.74, 6) is 0.683. The quantitative estimate of drug-likeness (QED) is 0.794. The lowest BCUT2D eigenvalue weighted by Crippen LogP contribution is -2.07. The van der Waals surface area contributed by atoms with Crippen molar-refractivity contribution in [2.24, 2.45) is 0 Å². The van der Waals surface area contributed by atoms with Crippen molar-refractivity contribution in [3.8, 4) is 11.8 Å². The predicted octanol–water partition coefficient (Wildman–Crippen LogP) is 2.05. The maximum absolute atomic E-state index is 12.4. The summed E-state index contributed by atoms with van der Waals surface area (Å²) in [5, 5.41) is 0.